The molecule has 5 N–H and O–H groups in total. The summed E-state index contributed by atoms with van der Waals surface area (Å²) in [4.78, 5) is 51.2. The van der Waals surface area contributed by atoms with Crippen LogP contribution in [0.15, 0.2) is 96.9 Å². The predicted octanol–water partition coefficient (Wildman–Crippen LogP) is 3.75. The molecule has 3 aromatic carbocycles. The maximum Gasteiger partial charge on any atom is 0.243 e. The summed E-state index contributed by atoms with van der Waals surface area (Å²) < 4.78 is 13.6. The number of allylic oxidation sites excluding steroid dienone is 4. The van der Waals surface area contributed by atoms with Crippen molar-refractivity contribution in [1.29, 1.82) is 0 Å². The summed E-state index contributed by atoms with van der Waals surface area (Å²) in [5.41, 5.74) is 7.25. The predicted molar refractivity (Wildman–Crippen MR) is 159 cm³/mol. The number of carbonyl (C=O) groups is 4. The number of rotatable bonds is 13. The molecule has 3 aromatic rings. The van der Waals surface area contributed by atoms with Crippen LogP contribution >= 0.6 is 0 Å². The fourth-order valence-electron chi connectivity index (χ4n) is 4.95. The van der Waals surface area contributed by atoms with Crippen LogP contribution in [0.1, 0.15) is 36.8 Å². The largest absolute Gasteiger partial charge is 0.370 e. The Morgan fingerprint density at radius 3 is 2.36 bits per heavy atom. The standard InChI is InChI=1S/C33H35FN4O4/c34-26-16-13-23(14-17-26)19-28(32(41)36-21-25-11-6-10-24-9-4-5-12-27(24)25)38-33(42)29(20-30(35)39)37-31(40)18-15-22-7-2-1-3-8-22/h1-13,16-17,23,28-29H,14-15,18-21H2,(H2,35,39)(H,36,41)(H,37,40)(H,38,42). The molecule has 3 unspecified atom stereocenters. The summed E-state index contributed by atoms with van der Waals surface area (Å²) in [7, 11) is 0. The summed E-state index contributed by atoms with van der Waals surface area (Å²) in [5, 5.41) is 10.2. The summed E-state index contributed by atoms with van der Waals surface area (Å²) in [6.07, 6.45) is 5.12. The molecule has 218 valence electrons. The van der Waals surface area contributed by atoms with Crippen molar-refractivity contribution in [2.24, 2.45) is 11.7 Å². The number of amides is 4. The lowest BCUT2D eigenvalue weighted by atomic mass is 9.92. The van der Waals surface area contributed by atoms with E-state index in [0.29, 0.717) is 12.8 Å². The number of carbonyl (C=O) groups excluding carboxylic acids is 4. The first-order chi connectivity index (χ1) is 20.3. The monoisotopic (exact) mass is 570 g/mol. The molecule has 0 aromatic heterocycles. The first-order valence-electron chi connectivity index (χ1n) is 14.0. The van der Waals surface area contributed by atoms with Gasteiger partial charge in [-0.05, 0) is 59.2 Å². The molecule has 1 aliphatic rings. The van der Waals surface area contributed by atoms with E-state index in [4.69, 9.17) is 5.73 Å². The van der Waals surface area contributed by atoms with E-state index < -0.39 is 42.1 Å². The number of nitrogens with one attached hydrogen (secondary N) is 3. The zero-order valence-electron chi connectivity index (χ0n) is 23.2. The Hall–Kier alpha value is -4.79. The fourth-order valence-corrected chi connectivity index (χ4v) is 4.95. The Balaban J connectivity index is 1.44. The summed E-state index contributed by atoms with van der Waals surface area (Å²) >= 11 is 0. The molecular weight excluding hydrogens is 535 g/mol. The minimum atomic E-state index is -1.25. The number of primary amides is 1. The van der Waals surface area contributed by atoms with Crippen LogP contribution in [0, 0.1) is 5.92 Å². The molecule has 0 heterocycles. The average Bonchev–Trinajstić information content (AvgIpc) is 2.99. The smallest absolute Gasteiger partial charge is 0.243 e. The van der Waals surface area contributed by atoms with Gasteiger partial charge in [-0.25, -0.2) is 4.39 Å². The molecular formula is C33H35FN4O4. The Bertz CT molecular complexity index is 1480. The van der Waals surface area contributed by atoms with Gasteiger partial charge in [0.1, 0.15) is 17.9 Å². The fraction of sp³-hybridized carbons (Fsp3) is 0.273. The minimum absolute atomic E-state index is 0.103. The number of halogens is 1. The van der Waals surface area contributed by atoms with Gasteiger partial charge in [-0.3, -0.25) is 19.2 Å². The van der Waals surface area contributed by atoms with Gasteiger partial charge >= 0.3 is 0 Å². The molecule has 4 rings (SSSR count). The van der Waals surface area contributed by atoms with Crippen molar-refractivity contribution in [2.45, 2.75) is 50.7 Å². The highest BCUT2D eigenvalue weighted by molar-refractivity contribution is 5.95. The molecule has 8 nitrogen and oxygen atoms in total. The Morgan fingerprint density at radius 1 is 0.881 bits per heavy atom. The maximum absolute atomic E-state index is 13.6. The molecule has 0 aliphatic heterocycles. The molecule has 0 spiro atoms. The van der Waals surface area contributed by atoms with Crippen LogP contribution in [0.2, 0.25) is 0 Å². The van der Waals surface area contributed by atoms with Gasteiger partial charge in [-0.2, -0.15) is 0 Å². The molecule has 4 amide bonds. The Kier molecular flexibility index (Phi) is 10.6. The third kappa shape index (κ3) is 8.86. The second-order valence-corrected chi connectivity index (χ2v) is 10.4. The number of benzene rings is 3. The van der Waals surface area contributed by atoms with E-state index in [2.05, 4.69) is 16.0 Å². The lowest BCUT2D eigenvalue weighted by molar-refractivity contribution is -0.133. The van der Waals surface area contributed by atoms with Crippen molar-refractivity contribution in [3.05, 3.63) is 108 Å². The SMILES string of the molecule is NC(=O)CC(NC(=O)CCc1ccccc1)C(=O)NC(CC1C=CC(F)=CC1)C(=O)NCc1cccc2ccccc12. The van der Waals surface area contributed by atoms with E-state index in [1.807, 2.05) is 72.8 Å². The summed E-state index contributed by atoms with van der Waals surface area (Å²) in [5.74, 6) is -2.89. The highest BCUT2D eigenvalue weighted by Gasteiger charge is 2.29. The average molecular weight is 571 g/mol. The van der Waals surface area contributed by atoms with Gasteiger partial charge in [0.25, 0.3) is 0 Å². The van der Waals surface area contributed by atoms with Gasteiger partial charge < -0.3 is 21.7 Å². The van der Waals surface area contributed by atoms with E-state index in [-0.39, 0.29) is 31.1 Å². The van der Waals surface area contributed by atoms with E-state index in [9.17, 15) is 23.6 Å². The van der Waals surface area contributed by atoms with E-state index in [1.54, 1.807) is 6.08 Å². The Labute approximate surface area is 244 Å². The van der Waals surface area contributed by atoms with Gasteiger partial charge in [0.05, 0.1) is 6.42 Å². The van der Waals surface area contributed by atoms with Crippen molar-refractivity contribution >= 4 is 34.4 Å². The van der Waals surface area contributed by atoms with Crippen molar-refractivity contribution in [3.63, 3.8) is 0 Å². The number of hydrogen-bond acceptors (Lipinski definition) is 4. The van der Waals surface area contributed by atoms with Crippen molar-refractivity contribution in [3.8, 4) is 0 Å². The molecule has 0 fully saturated rings. The number of fused-ring (bicyclic) bond motifs is 1. The molecule has 0 bridgehead atoms. The zero-order chi connectivity index (χ0) is 29.9. The van der Waals surface area contributed by atoms with Gasteiger partial charge in [-0.1, -0.05) is 78.9 Å². The van der Waals surface area contributed by atoms with Crippen LogP contribution < -0.4 is 21.7 Å². The molecule has 0 saturated heterocycles. The first kappa shape index (κ1) is 30.2. The third-order valence-electron chi connectivity index (χ3n) is 7.19. The van der Waals surface area contributed by atoms with Gasteiger partial charge in [0.15, 0.2) is 0 Å². The van der Waals surface area contributed by atoms with E-state index in [0.717, 1.165) is 21.9 Å². The Morgan fingerprint density at radius 2 is 1.62 bits per heavy atom. The van der Waals surface area contributed by atoms with Crippen LogP contribution in [-0.4, -0.2) is 35.7 Å². The van der Waals surface area contributed by atoms with Crippen LogP contribution in [0.4, 0.5) is 4.39 Å². The van der Waals surface area contributed by atoms with Crippen LogP contribution in [-0.2, 0) is 32.1 Å². The molecule has 9 heteroatoms. The molecule has 3 atom stereocenters. The van der Waals surface area contributed by atoms with E-state index >= 15 is 0 Å². The van der Waals surface area contributed by atoms with Gasteiger partial charge in [-0.15, -0.1) is 0 Å². The highest BCUT2D eigenvalue weighted by Crippen LogP contribution is 2.22. The second-order valence-electron chi connectivity index (χ2n) is 10.4. The van der Waals surface area contributed by atoms with Crippen LogP contribution in [0.3, 0.4) is 0 Å². The van der Waals surface area contributed by atoms with Crippen molar-refractivity contribution < 1.29 is 23.6 Å². The summed E-state index contributed by atoms with van der Waals surface area (Å²) in [6.45, 7) is 0.225. The topological polar surface area (TPSA) is 130 Å². The first-order valence-corrected chi connectivity index (χ1v) is 14.0. The van der Waals surface area contributed by atoms with Crippen molar-refractivity contribution in [2.75, 3.05) is 0 Å². The number of nitrogens with two attached hydrogens (primary N) is 1. The van der Waals surface area contributed by atoms with Gasteiger partial charge in [0.2, 0.25) is 23.6 Å². The van der Waals surface area contributed by atoms with E-state index in [1.165, 1.54) is 12.2 Å². The number of aryl methyl sites for hydroxylation is 1. The highest BCUT2D eigenvalue weighted by atomic mass is 19.1. The number of hydrogen-bond donors (Lipinski definition) is 4. The lowest BCUT2D eigenvalue weighted by Gasteiger charge is -2.25. The molecule has 1 aliphatic carbocycles. The normalized spacial score (nSPS) is 15.7. The van der Waals surface area contributed by atoms with Crippen molar-refractivity contribution in [1.82, 2.24) is 16.0 Å². The summed E-state index contributed by atoms with van der Waals surface area (Å²) in [6, 6.07) is 20.8. The van der Waals surface area contributed by atoms with Crippen LogP contribution in [0.5, 0.6) is 0 Å². The molecule has 42 heavy (non-hydrogen) atoms. The third-order valence-corrected chi connectivity index (χ3v) is 7.19. The second kappa shape index (κ2) is 14.7. The lowest BCUT2D eigenvalue weighted by Crippen LogP contribution is -2.55. The molecule has 0 radical (unpaired) electrons. The maximum atomic E-state index is 13.6. The minimum Gasteiger partial charge on any atom is -0.370 e. The quantitative estimate of drug-likeness (QED) is 0.249. The zero-order valence-corrected chi connectivity index (χ0v) is 23.2. The van der Waals surface area contributed by atoms with Gasteiger partial charge in [0, 0.05) is 13.0 Å². The molecule has 0 saturated carbocycles. The van der Waals surface area contributed by atoms with Crippen LogP contribution in [0.25, 0.3) is 10.8 Å².